The minimum Gasteiger partial charge on any atom is -0.394 e. The fourth-order valence-electron chi connectivity index (χ4n) is 3.65. The summed E-state index contributed by atoms with van der Waals surface area (Å²) in [6.07, 6.45) is 6.55. The first-order valence-corrected chi connectivity index (χ1v) is 9.73. The molecule has 1 aliphatic rings. The van der Waals surface area contributed by atoms with Gasteiger partial charge in [0.15, 0.2) is 0 Å². The number of amides is 1. The van der Waals surface area contributed by atoms with Gasteiger partial charge in [-0.15, -0.1) is 0 Å². The Morgan fingerprint density at radius 1 is 1.14 bits per heavy atom. The van der Waals surface area contributed by atoms with Gasteiger partial charge in [0.05, 0.1) is 18.2 Å². The summed E-state index contributed by atoms with van der Waals surface area (Å²) in [5, 5.41) is 16.8. The standard InChI is InChI=1S/C22H24N4O2/c27-14-20(15-6-2-1-3-7-15)25-21(28)16-10-11-17-13-23-22(26-19(17)12-16)24-18-8-4-5-9-18/h1-3,6-7,10-13,18,20,27H,4-5,8-9,14H2,(H,25,28)(H,23,24,26). The number of aliphatic hydroxyl groups excluding tert-OH is 1. The summed E-state index contributed by atoms with van der Waals surface area (Å²) in [5.41, 5.74) is 2.10. The predicted octanol–water partition coefficient (Wildman–Crippen LogP) is 3.45. The number of hydrogen-bond acceptors (Lipinski definition) is 5. The molecule has 2 aromatic carbocycles. The zero-order valence-corrected chi connectivity index (χ0v) is 15.6. The molecule has 1 amide bonds. The van der Waals surface area contributed by atoms with Gasteiger partial charge in [-0.1, -0.05) is 49.2 Å². The summed E-state index contributed by atoms with van der Waals surface area (Å²) in [6, 6.07) is 14.8. The van der Waals surface area contributed by atoms with Crippen LogP contribution in [0.2, 0.25) is 0 Å². The molecule has 0 aliphatic heterocycles. The highest BCUT2D eigenvalue weighted by molar-refractivity contribution is 5.98. The lowest BCUT2D eigenvalue weighted by molar-refractivity contribution is 0.0916. The van der Waals surface area contributed by atoms with Gasteiger partial charge in [-0.3, -0.25) is 4.79 Å². The van der Waals surface area contributed by atoms with Crippen molar-refractivity contribution in [3.63, 3.8) is 0 Å². The second-order valence-corrected chi connectivity index (χ2v) is 7.21. The lowest BCUT2D eigenvalue weighted by Gasteiger charge is -2.17. The highest BCUT2D eigenvalue weighted by Crippen LogP contribution is 2.22. The molecular formula is C22H24N4O2. The molecule has 6 heteroatoms. The van der Waals surface area contributed by atoms with E-state index in [1.54, 1.807) is 18.3 Å². The van der Waals surface area contributed by atoms with Crippen molar-refractivity contribution in [2.24, 2.45) is 0 Å². The van der Waals surface area contributed by atoms with Gasteiger partial charge in [-0.05, 0) is 30.5 Å². The molecule has 0 bridgehead atoms. The van der Waals surface area contributed by atoms with Gasteiger partial charge in [0.25, 0.3) is 5.91 Å². The molecule has 0 saturated heterocycles. The maximum absolute atomic E-state index is 12.7. The minimum atomic E-state index is -0.450. The average Bonchev–Trinajstić information content (AvgIpc) is 3.25. The number of nitrogens with zero attached hydrogens (tertiary/aromatic N) is 2. The van der Waals surface area contributed by atoms with E-state index in [0.717, 1.165) is 29.3 Å². The number of anilines is 1. The van der Waals surface area contributed by atoms with Crippen LogP contribution < -0.4 is 10.6 Å². The number of aromatic nitrogens is 2. The molecule has 3 aromatic rings. The van der Waals surface area contributed by atoms with Crippen molar-refractivity contribution >= 4 is 22.8 Å². The van der Waals surface area contributed by atoms with Crippen LogP contribution in [0.5, 0.6) is 0 Å². The summed E-state index contributed by atoms with van der Waals surface area (Å²) in [7, 11) is 0. The Balaban J connectivity index is 1.53. The molecule has 6 nitrogen and oxygen atoms in total. The summed E-state index contributed by atoms with van der Waals surface area (Å²) in [5.74, 6) is 0.364. The highest BCUT2D eigenvalue weighted by atomic mass is 16.3. The van der Waals surface area contributed by atoms with Gasteiger partial charge >= 0.3 is 0 Å². The van der Waals surface area contributed by atoms with Crippen LogP contribution in [0.15, 0.2) is 54.7 Å². The lowest BCUT2D eigenvalue weighted by atomic mass is 10.1. The van der Waals surface area contributed by atoms with Gasteiger partial charge in [0.2, 0.25) is 5.95 Å². The number of carbonyl (C=O) groups excluding carboxylic acids is 1. The van der Waals surface area contributed by atoms with Crippen molar-refractivity contribution in [1.29, 1.82) is 0 Å². The van der Waals surface area contributed by atoms with Gasteiger partial charge in [-0.2, -0.15) is 0 Å². The van der Waals surface area contributed by atoms with Crippen molar-refractivity contribution in [1.82, 2.24) is 15.3 Å². The number of carbonyl (C=O) groups is 1. The zero-order chi connectivity index (χ0) is 19.3. The number of rotatable bonds is 6. The molecular weight excluding hydrogens is 352 g/mol. The Morgan fingerprint density at radius 3 is 2.68 bits per heavy atom. The molecule has 144 valence electrons. The summed E-state index contributed by atoms with van der Waals surface area (Å²) >= 11 is 0. The molecule has 0 spiro atoms. The molecule has 1 aromatic heterocycles. The molecule has 1 aliphatic carbocycles. The summed E-state index contributed by atoms with van der Waals surface area (Å²) in [4.78, 5) is 21.7. The maximum Gasteiger partial charge on any atom is 0.251 e. The van der Waals surface area contributed by atoms with Crippen molar-refractivity contribution < 1.29 is 9.90 Å². The van der Waals surface area contributed by atoms with Crippen LogP contribution in [0.1, 0.15) is 47.6 Å². The van der Waals surface area contributed by atoms with Crippen LogP contribution >= 0.6 is 0 Å². The van der Waals surface area contributed by atoms with E-state index in [2.05, 4.69) is 20.6 Å². The molecule has 1 unspecified atom stereocenters. The maximum atomic E-state index is 12.7. The molecule has 1 atom stereocenters. The van der Waals surface area contributed by atoms with Crippen LogP contribution in [0.3, 0.4) is 0 Å². The van der Waals surface area contributed by atoms with Crippen LogP contribution in [-0.4, -0.2) is 33.6 Å². The first-order chi connectivity index (χ1) is 13.7. The van der Waals surface area contributed by atoms with E-state index in [1.807, 2.05) is 36.4 Å². The topological polar surface area (TPSA) is 87.1 Å². The number of benzene rings is 2. The molecule has 28 heavy (non-hydrogen) atoms. The quantitative estimate of drug-likeness (QED) is 0.613. The van der Waals surface area contributed by atoms with E-state index in [-0.39, 0.29) is 12.5 Å². The van der Waals surface area contributed by atoms with E-state index in [4.69, 9.17) is 0 Å². The van der Waals surface area contributed by atoms with E-state index in [9.17, 15) is 9.90 Å². The van der Waals surface area contributed by atoms with E-state index < -0.39 is 6.04 Å². The Labute approximate surface area is 164 Å². The van der Waals surface area contributed by atoms with Gasteiger partial charge in [0.1, 0.15) is 0 Å². The summed E-state index contributed by atoms with van der Waals surface area (Å²) < 4.78 is 0. The van der Waals surface area contributed by atoms with Crippen LogP contribution in [0.25, 0.3) is 10.9 Å². The summed E-state index contributed by atoms with van der Waals surface area (Å²) in [6.45, 7) is -0.166. The Morgan fingerprint density at radius 2 is 1.93 bits per heavy atom. The first kappa shape index (κ1) is 18.4. The Kier molecular flexibility index (Phi) is 5.48. The highest BCUT2D eigenvalue weighted by Gasteiger charge is 2.17. The van der Waals surface area contributed by atoms with E-state index >= 15 is 0 Å². The molecule has 1 fully saturated rings. The third-order valence-corrected chi connectivity index (χ3v) is 5.22. The first-order valence-electron chi connectivity index (χ1n) is 9.73. The van der Waals surface area contributed by atoms with Gasteiger partial charge in [0, 0.05) is 23.2 Å². The van der Waals surface area contributed by atoms with Crippen molar-refractivity contribution in [2.75, 3.05) is 11.9 Å². The molecule has 4 rings (SSSR count). The average molecular weight is 376 g/mol. The Hall–Kier alpha value is -2.99. The smallest absolute Gasteiger partial charge is 0.251 e. The molecule has 1 saturated carbocycles. The lowest BCUT2D eigenvalue weighted by Crippen LogP contribution is -2.30. The molecule has 0 radical (unpaired) electrons. The number of hydrogen-bond donors (Lipinski definition) is 3. The van der Waals surface area contributed by atoms with Crippen LogP contribution in [0.4, 0.5) is 5.95 Å². The van der Waals surface area contributed by atoms with Crippen LogP contribution in [-0.2, 0) is 0 Å². The van der Waals surface area contributed by atoms with Gasteiger partial charge in [-0.25, -0.2) is 9.97 Å². The fourth-order valence-corrected chi connectivity index (χ4v) is 3.65. The monoisotopic (exact) mass is 376 g/mol. The zero-order valence-electron chi connectivity index (χ0n) is 15.6. The molecule has 3 N–H and O–H groups in total. The Bertz CT molecular complexity index is 955. The van der Waals surface area contributed by atoms with Crippen molar-refractivity contribution in [3.05, 3.63) is 65.9 Å². The van der Waals surface area contributed by atoms with Crippen molar-refractivity contribution in [3.8, 4) is 0 Å². The third kappa shape index (κ3) is 4.12. The second kappa shape index (κ2) is 8.35. The third-order valence-electron chi connectivity index (χ3n) is 5.22. The predicted molar refractivity (Wildman–Crippen MR) is 109 cm³/mol. The van der Waals surface area contributed by atoms with Crippen LogP contribution in [0, 0.1) is 0 Å². The number of fused-ring (bicyclic) bond motifs is 1. The fraction of sp³-hybridized carbons (Fsp3) is 0.318. The normalized spacial score (nSPS) is 15.5. The molecule has 1 heterocycles. The minimum absolute atomic E-state index is 0.166. The van der Waals surface area contributed by atoms with Crippen molar-refractivity contribution in [2.45, 2.75) is 37.8 Å². The van der Waals surface area contributed by atoms with Gasteiger partial charge < -0.3 is 15.7 Å². The second-order valence-electron chi connectivity index (χ2n) is 7.21. The number of aliphatic hydroxyl groups is 1. The van der Waals surface area contributed by atoms with E-state index in [1.165, 1.54) is 12.8 Å². The van der Waals surface area contributed by atoms with E-state index in [0.29, 0.717) is 17.6 Å². The SMILES string of the molecule is O=C(NC(CO)c1ccccc1)c1ccc2cnc(NC3CCCC3)nc2c1. The largest absolute Gasteiger partial charge is 0.394 e. The number of nitrogens with one attached hydrogen (secondary N) is 2.